The number of rotatable bonds is 4. The first kappa shape index (κ1) is 25.3. The van der Waals surface area contributed by atoms with Crippen molar-refractivity contribution in [2.45, 2.75) is 25.4 Å². The molecule has 0 atom stereocenters. The highest BCUT2D eigenvalue weighted by Gasteiger charge is 2.36. The SMILES string of the molecule is O=C1N=C(N2CCC(C(=O)O)CC2)SC1=C(Cc1ccc(Cl)cc1C(F)(F)F)c1ccc2[nH]ncc2c1. The highest BCUT2D eigenvalue weighted by atomic mass is 35.5. The number of allylic oxidation sites excluding steroid dienone is 1. The maximum atomic E-state index is 13.9. The Morgan fingerprint density at radius 2 is 1.95 bits per heavy atom. The summed E-state index contributed by atoms with van der Waals surface area (Å²) >= 11 is 6.98. The van der Waals surface area contributed by atoms with Gasteiger partial charge < -0.3 is 10.0 Å². The van der Waals surface area contributed by atoms with Crippen LogP contribution in [-0.2, 0) is 22.2 Å². The minimum absolute atomic E-state index is 0.0178. The van der Waals surface area contributed by atoms with Crippen LogP contribution in [0.25, 0.3) is 16.5 Å². The number of carboxylic acid groups (broad SMARTS) is 1. The zero-order valence-electron chi connectivity index (χ0n) is 19.2. The standard InChI is InChI=1S/C25H20ClF3N4O3S/c26-17-3-1-15(19(11-17)25(27,28)29)10-18(14-2-4-20-16(9-14)12-30-32-20)21-22(34)31-24(37-21)33-7-5-13(6-8-33)23(35)36/h1-4,9,11-13H,5-8,10H2,(H,30,32)(H,35,36). The van der Waals surface area contributed by atoms with Crippen molar-refractivity contribution < 1.29 is 27.9 Å². The zero-order chi connectivity index (χ0) is 26.3. The number of halogens is 4. The van der Waals surface area contributed by atoms with Crippen molar-refractivity contribution in [2.75, 3.05) is 13.1 Å². The number of amidine groups is 1. The number of hydrogen-bond acceptors (Lipinski definition) is 5. The number of aromatic nitrogens is 2. The number of amides is 1. The van der Waals surface area contributed by atoms with Crippen LogP contribution in [0.15, 0.2) is 52.5 Å². The third-order valence-electron chi connectivity index (χ3n) is 6.51. The van der Waals surface area contributed by atoms with Crippen LogP contribution in [0.2, 0.25) is 5.02 Å². The van der Waals surface area contributed by atoms with Gasteiger partial charge in [0.05, 0.1) is 28.1 Å². The number of piperidine rings is 1. The fourth-order valence-electron chi connectivity index (χ4n) is 4.54. The van der Waals surface area contributed by atoms with Crippen LogP contribution in [0.3, 0.4) is 0 Å². The lowest BCUT2D eigenvalue weighted by atomic mass is 9.93. The summed E-state index contributed by atoms with van der Waals surface area (Å²) in [4.78, 5) is 30.7. The molecule has 12 heteroatoms. The number of benzene rings is 2. The Morgan fingerprint density at radius 3 is 2.65 bits per heavy atom. The van der Waals surface area contributed by atoms with Gasteiger partial charge in [-0.25, -0.2) is 0 Å². The molecule has 37 heavy (non-hydrogen) atoms. The Labute approximate surface area is 218 Å². The maximum Gasteiger partial charge on any atom is 0.416 e. The van der Waals surface area contributed by atoms with E-state index in [1.165, 1.54) is 12.1 Å². The van der Waals surface area contributed by atoms with Crippen LogP contribution in [0.5, 0.6) is 0 Å². The summed E-state index contributed by atoms with van der Waals surface area (Å²) in [7, 11) is 0. The van der Waals surface area contributed by atoms with E-state index in [9.17, 15) is 27.9 Å². The number of aliphatic imine (C=N–C) groups is 1. The summed E-state index contributed by atoms with van der Waals surface area (Å²) in [6.07, 6.45) is -2.36. The highest BCUT2D eigenvalue weighted by molar-refractivity contribution is 8.18. The molecule has 1 amide bonds. The third kappa shape index (κ3) is 5.24. The number of aromatic amines is 1. The number of H-pyrrole nitrogens is 1. The predicted molar refractivity (Wildman–Crippen MR) is 135 cm³/mol. The summed E-state index contributed by atoms with van der Waals surface area (Å²) in [6.45, 7) is 0.851. The summed E-state index contributed by atoms with van der Waals surface area (Å²) in [6, 6.07) is 8.87. The van der Waals surface area contributed by atoms with E-state index < -0.39 is 29.5 Å². The monoisotopic (exact) mass is 548 g/mol. The van der Waals surface area contributed by atoms with Gasteiger partial charge in [-0.2, -0.15) is 23.3 Å². The molecule has 0 bridgehead atoms. The number of fused-ring (bicyclic) bond motifs is 1. The molecule has 0 aliphatic carbocycles. The molecule has 5 rings (SSSR count). The van der Waals surface area contributed by atoms with E-state index in [0.29, 0.717) is 42.2 Å². The molecule has 1 fully saturated rings. The number of thioether (sulfide) groups is 1. The number of nitrogens with zero attached hydrogens (tertiary/aromatic N) is 3. The van der Waals surface area contributed by atoms with Crippen LogP contribution < -0.4 is 0 Å². The molecule has 0 radical (unpaired) electrons. The first-order valence-electron chi connectivity index (χ1n) is 11.4. The predicted octanol–water partition coefficient (Wildman–Crippen LogP) is 5.61. The molecular formula is C25H20ClF3N4O3S. The van der Waals surface area contributed by atoms with Crippen molar-refractivity contribution in [3.63, 3.8) is 0 Å². The first-order chi connectivity index (χ1) is 17.6. The molecule has 3 heterocycles. The van der Waals surface area contributed by atoms with Crippen molar-refractivity contribution in [3.05, 3.63) is 69.2 Å². The van der Waals surface area contributed by atoms with E-state index in [0.717, 1.165) is 28.7 Å². The summed E-state index contributed by atoms with van der Waals surface area (Å²) < 4.78 is 41.6. The van der Waals surface area contributed by atoms with Gasteiger partial charge in [-0.15, -0.1) is 0 Å². The molecule has 1 saturated heterocycles. The third-order valence-corrected chi connectivity index (χ3v) is 7.90. The number of hydrogen-bond donors (Lipinski definition) is 2. The Kier molecular flexibility index (Phi) is 6.76. The average Bonchev–Trinajstić information content (AvgIpc) is 3.48. The molecular weight excluding hydrogens is 529 g/mol. The van der Waals surface area contributed by atoms with Crippen molar-refractivity contribution in [2.24, 2.45) is 10.9 Å². The van der Waals surface area contributed by atoms with Gasteiger partial charge in [0.25, 0.3) is 5.91 Å². The Bertz CT molecular complexity index is 1460. The number of likely N-dealkylation sites (tertiary alicyclic amines) is 1. The van der Waals surface area contributed by atoms with Crippen LogP contribution >= 0.6 is 23.4 Å². The van der Waals surface area contributed by atoms with E-state index in [1.54, 1.807) is 24.4 Å². The molecule has 0 spiro atoms. The van der Waals surface area contributed by atoms with Crippen molar-refractivity contribution >= 4 is 56.9 Å². The first-order valence-corrected chi connectivity index (χ1v) is 12.6. The van der Waals surface area contributed by atoms with E-state index in [2.05, 4.69) is 15.2 Å². The molecule has 1 aromatic heterocycles. The second-order valence-electron chi connectivity index (χ2n) is 8.86. The van der Waals surface area contributed by atoms with Gasteiger partial charge in [-0.1, -0.05) is 23.7 Å². The fourth-order valence-corrected chi connectivity index (χ4v) is 5.78. The van der Waals surface area contributed by atoms with Crippen LogP contribution in [-0.4, -0.2) is 50.3 Å². The largest absolute Gasteiger partial charge is 0.481 e. The van der Waals surface area contributed by atoms with Crippen molar-refractivity contribution in [3.8, 4) is 0 Å². The lowest BCUT2D eigenvalue weighted by molar-refractivity contribution is -0.143. The van der Waals surface area contributed by atoms with Gasteiger partial charge in [-0.3, -0.25) is 14.7 Å². The Balaban J connectivity index is 1.54. The zero-order valence-corrected chi connectivity index (χ0v) is 20.8. The van der Waals surface area contributed by atoms with Gasteiger partial charge in [0.2, 0.25) is 0 Å². The lowest BCUT2D eigenvalue weighted by Crippen LogP contribution is -2.38. The number of carbonyl (C=O) groups is 2. The molecule has 2 aliphatic heterocycles. The molecule has 2 aliphatic rings. The fraction of sp³-hybridized carbons (Fsp3) is 0.280. The maximum absolute atomic E-state index is 13.9. The van der Waals surface area contributed by atoms with Gasteiger partial charge in [0.1, 0.15) is 0 Å². The molecule has 7 nitrogen and oxygen atoms in total. The molecule has 192 valence electrons. The molecule has 2 aromatic carbocycles. The van der Waals surface area contributed by atoms with Crippen LogP contribution in [0.4, 0.5) is 13.2 Å². The number of carbonyl (C=O) groups excluding carboxylic acids is 1. The number of alkyl halides is 3. The molecule has 0 unspecified atom stereocenters. The number of aliphatic carboxylic acids is 1. The smallest absolute Gasteiger partial charge is 0.416 e. The Hall–Kier alpha value is -3.31. The van der Waals surface area contributed by atoms with E-state index in [4.69, 9.17) is 11.6 Å². The number of carboxylic acids is 1. The summed E-state index contributed by atoms with van der Waals surface area (Å²) in [5.74, 6) is -1.83. The van der Waals surface area contributed by atoms with Gasteiger partial charge in [0, 0.05) is 23.5 Å². The molecule has 2 N–H and O–H groups in total. The molecule has 0 saturated carbocycles. The minimum atomic E-state index is -4.63. The van der Waals surface area contributed by atoms with Crippen LogP contribution in [0, 0.1) is 5.92 Å². The van der Waals surface area contributed by atoms with Gasteiger partial charge in [-0.05, 0) is 72.0 Å². The second kappa shape index (κ2) is 9.86. The van der Waals surface area contributed by atoms with Crippen LogP contribution in [0.1, 0.15) is 29.5 Å². The van der Waals surface area contributed by atoms with E-state index in [-0.39, 0.29) is 21.9 Å². The van der Waals surface area contributed by atoms with Crippen molar-refractivity contribution in [1.29, 1.82) is 0 Å². The van der Waals surface area contributed by atoms with Gasteiger partial charge in [0.15, 0.2) is 5.17 Å². The molecule has 3 aromatic rings. The quantitative estimate of drug-likeness (QED) is 0.411. The summed E-state index contributed by atoms with van der Waals surface area (Å²) in [5, 5.41) is 17.2. The Morgan fingerprint density at radius 1 is 1.19 bits per heavy atom. The summed E-state index contributed by atoms with van der Waals surface area (Å²) in [5.41, 5.74) is 0.851. The van der Waals surface area contributed by atoms with Crippen molar-refractivity contribution in [1.82, 2.24) is 15.1 Å². The van der Waals surface area contributed by atoms with E-state index in [1.807, 2.05) is 4.90 Å². The normalized spacial score (nSPS) is 18.4. The topological polar surface area (TPSA) is 98.6 Å². The van der Waals surface area contributed by atoms with Gasteiger partial charge >= 0.3 is 12.1 Å². The number of nitrogens with one attached hydrogen (secondary N) is 1. The minimum Gasteiger partial charge on any atom is -0.481 e. The van der Waals surface area contributed by atoms with E-state index >= 15 is 0 Å². The highest BCUT2D eigenvalue weighted by Crippen LogP contribution is 2.41. The second-order valence-corrected chi connectivity index (χ2v) is 10.3. The average molecular weight is 549 g/mol. The lowest BCUT2D eigenvalue weighted by Gasteiger charge is -2.30.